The lowest BCUT2D eigenvalue weighted by molar-refractivity contribution is 0.0435. The van der Waals surface area contributed by atoms with Crippen molar-refractivity contribution < 1.29 is 4.74 Å². The van der Waals surface area contributed by atoms with Crippen molar-refractivity contribution in [1.29, 1.82) is 0 Å². The molecule has 108 valence electrons. The molecule has 0 spiro atoms. The van der Waals surface area contributed by atoms with Gasteiger partial charge < -0.3 is 10.5 Å². The highest BCUT2D eigenvalue weighted by Crippen LogP contribution is 2.20. The van der Waals surface area contributed by atoms with Crippen molar-refractivity contribution in [3.63, 3.8) is 0 Å². The molecule has 2 unspecified atom stereocenters. The van der Waals surface area contributed by atoms with E-state index in [1.165, 1.54) is 70.6 Å². The Morgan fingerprint density at radius 3 is 2.33 bits per heavy atom. The van der Waals surface area contributed by atoms with E-state index >= 15 is 0 Å². The Morgan fingerprint density at radius 1 is 1.06 bits per heavy atom. The first-order valence-corrected chi connectivity index (χ1v) is 8.18. The fourth-order valence-corrected chi connectivity index (χ4v) is 2.85. The van der Waals surface area contributed by atoms with Crippen molar-refractivity contribution >= 4 is 0 Å². The summed E-state index contributed by atoms with van der Waals surface area (Å²) in [5.41, 5.74) is 6.25. The van der Waals surface area contributed by atoms with E-state index in [1.807, 2.05) is 0 Å². The van der Waals surface area contributed by atoms with Crippen LogP contribution in [0.2, 0.25) is 0 Å². The molecular weight excluding hydrogens is 222 g/mol. The molecule has 2 nitrogen and oxygen atoms in total. The largest absolute Gasteiger partial charge is 0.381 e. The van der Waals surface area contributed by atoms with Crippen molar-refractivity contribution in [3.8, 4) is 0 Å². The second-order valence-corrected chi connectivity index (χ2v) is 5.90. The first-order valence-electron chi connectivity index (χ1n) is 8.18. The summed E-state index contributed by atoms with van der Waals surface area (Å²) in [7, 11) is 0. The minimum Gasteiger partial charge on any atom is -0.381 e. The molecule has 1 aliphatic rings. The van der Waals surface area contributed by atoms with E-state index in [1.54, 1.807) is 0 Å². The highest BCUT2D eigenvalue weighted by atomic mass is 16.5. The molecule has 2 N–H and O–H groups in total. The Balaban J connectivity index is 1.87. The van der Waals surface area contributed by atoms with E-state index < -0.39 is 0 Å². The molecule has 1 heterocycles. The number of unbranched alkanes of at least 4 members (excludes halogenated alkanes) is 7. The smallest absolute Gasteiger partial charge is 0.0509 e. The molecule has 1 rings (SSSR count). The molecule has 0 amide bonds. The van der Waals surface area contributed by atoms with Crippen molar-refractivity contribution in [1.82, 2.24) is 0 Å². The number of rotatable bonds is 10. The van der Waals surface area contributed by atoms with Gasteiger partial charge in [0.1, 0.15) is 0 Å². The average Bonchev–Trinajstić information content (AvgIpc) is 2.42. The fourth-order valence-electron chi connectivity index (χ4n) is 2.85. The number of hydrogen-bond acceptors (Lipinski definition) is 2. The van der Waals surface area contributed by atoms with Crippen LogP contribution in [0.3, 0.4) is 0 Å². The van der Waals surface area contributed by atoms with Crippen LogP contribution in [0.5, 0.6) is 0 Å². The molecule has 0 aromatic heterocycles. The molecule has 1 aliphatic heterocycles. The summed E-state index contributed by atoms with van der Waals surface area (Å²) >= 11 is 0. The summed E-state index contributed by atoms with van der Waals surface area (Å²) in [6.07, 6.45) is 14.8. The molecule has 1 fully saturated rings. The zero-order valence-corrected chi connectivity index (χ0v) is 12.3. The highest BCUT2D eigenvalue weighted by molar-refractivity contribution is 4.75. The Bertz CT molecular complexity index is 178. The van der Waals surface area contributed by atoms with Gasteiger partial charge in [0.25, 0.3) is 0 Å². The molecule has 0 bridgehead atoms. The van der Waals surface area contributed by atoms with E-state index in [2.05, 4.69) is 6.92 Å². The van der Waals surface area contributed by atoms with Crippen LogP contribution in [0.4, 0.5) is 0 Å². The monoisotopic (exact) mass is 255 g/mol. The predicted molar refractivity (Wildman–Crippen MR) is 78.7 cm³/mol. The Labute approximate surface area is 114 Å². The molecule has 0 aliphatic carbocycles. The van der Waals surface area contributed by atoms with Crippen molar-refractivity contribution in [2.24, 2.45) is 11.7 Å². The van der Waals surface area contributed by atoms with Crippen LogP contribution < -0.4 is 5.73 Å². The topological polar surface area (TPSA) is 35.2 Å². The molecule has 0 radical (unpaired) electrons. The second-order valence-electron chi connectivity index (χ2n) is 5.90. The summed E-state index contributed by atoms with van der Waals surface area (Å²) in [5, 5.41) is 0. The Kier molecular flexibility index (Phi) is 9.59. The first kappa shape index (κ1) is 16.0. The minimum atomic E-state index is 0.380. The van der Waals surface area contributed by atoms with Gasteiger partial charge in [-0.25, -0.2) is 0 Å². The van der Waals surface area contributed by atoms with Crippen LogP contribution in [0, 0.1) is 5.92 Å². The van der Waals surface area contributed by atoms with Gasteiger partial charge in [-0.2, -0.15) is 0 Å². The maximum atomic E-state index is 6.25. The van der Waals surface area contributed by atoms with Gasteiger partial charge in [-0.1, -0.05) is 58.3 Å². The zero-order chi connectivity index (χ0) is 13.1. The predicted octanol–water partition coefficient (Wildman–Crippen LogP) is 4.27. The SMILES string of the molecule is CCCCCCCCCCC(N)C1CCCOC1. The van der Waals surface area contributed by atoms with Crippen LogP contribution in [0.25, 0.3) is 0 Å². The standard InChI is InChI=1S/C16H33NO/c1-2-3-4-5-6-7-8-9-12-16(17)15-11-10-13-18-14-15/h15-16H,2-14,17H2,1H3. The molecule has 18 heavy (non-hydrogen) atoms. The van der Waals surface area contributed by atoms with E-state index in [0.29, 0.717) is 12.0 Å². The highest BCUT2D eigenvalue weighted by Gasteiger charge is 2.20. The lowest BCUT2D eigenvalue weighted by atomic mass is 9.90. The van der Waals surface area contributed by atoms with Crippen LogP contribution >= 0.6 is 0 Å². The van der Waals surface area contributed by atoms with Gasteiger partial charge in [0.15, 0.2) is 0 Å². The normalized spacial score (nSPS) is 22.0. The van der Waals surface area contributed by atoms with Gasteiger partial charge >= 0.3 is 0 Å². The second kappa shape index (κ2) is 10.8. The van der Waals surface area contributed by atoms with Gasteiger partial charge in [0.2, 0.25) is 0 Å². The summed E-state index contributed by atoms with van der Waals surface area (Å²) in [4.78, 5) is 0. The van der Waals surface area contributed by atoms with Gasteiger partial charge in [-0.05, 0) is 25.2 Å². The average molecular weight is 255 g/mol. The van der Waals surface area contributed by atoms with Crippen LogP contribution in [-0.2, 0) is 4.74 Å². The summed E-state index contributed by atoms with van der Waals surface area (Å²) < 4.78 is 5.51. The van der Waals surface area contributed by atoms with Gasteiger partial charge in [-0.3, -0.25) is 0 Å². The first-order chi connectivity index (χ1) is 8.84. The number of ether oxygens (including phenoxy) is 1. The maximum absolute atomic E-state index is 6.25. The molecule has 0 aromatic rings. The number of hydrogen-bond donors (Lipinski definition) is 1. The molecule has 2 atom stereocenters. The minimum absolute atomic E-state index is 0.380. The Morgan fingerprint density at radius 2 is 1.72 bits per heavy atom. The van der Waals surface area contributed by atoms with Crippen LogP contribution in [0.15, 0.2) is 0 Å². The van der Waals surface area contributed by atoms with Gasteiger partial charge in [0.05, 0.1) is 6.61 Å². The molecular formula is C16H33NO. The van der Waals surface area contributed by atoms with Crippen molar-refractivity contribution in [2.75, 3.05) is 13.2 Å². The maximum Gasteiger partial charge on any atom is 0.0509 e. The summed E-state index contributed by atoms with van der Waals surface area (Å²) in [6, 6.07) is 0.380. The molecule has 1 saturated heterocycles. The summed E-state index contributed by atoms with van der Waals surface area (Å²) in [6.45, 7) is 4.12. The third kappa shape index (κ3) is 7.38. The van der Waals surface area contributed by atoms with Gasteiger partial charge in [0, 0.05) is 12.6 Å². The Hall–Kier alpha value is -0.0800. The quantitative estimate of drug-likeness (QED) is 0.592. The van der Waals surface area contributed by atoms with E-state index in [-0.39, 0.29) is 0 Å². The molecule has 2 heteroatoms. The lowest BCUT2D eigenvalue weighted by Gasteiger charge is -2.27. The third-order valence-corrected chi connectivity index (χ3v) is 4.19. The zero-order valence-electron chi connectivity index (χ0n) is 12.3. The molecule has 0 aromatic carbocycles. The third-order valence-electron chi connectivity index (χ3n) is 4.19. The van der Waals surface area contributed by atoms with Gasteiger partial charge in [-0.15, -0.1) is 0 Å². The van der Waals surface area contributed by atoms with E-state index in [9.17, 15) is 0 Å². The van der Waals surface area contributed by atoms with Crippen LogP contribution in [-0.4, -0.2) is 19.3 Å². The fraction of sp³-hybridized carbons (Fsp3) is 1.00. The summed E-state index contributed by atoms with van der Waals surface area (Å²) in [5.74, 6) is 0.628. The molecule has 0 saturated carbocycles. The van der Waals surface area contributed by atoms with E-state index in [4.69, 9.17) is 10.5 Å². The van der Waals surface area contributed by atoms with Crippen LogP contribution in [0.1, 0.15) is 77.6 Å². The van der Waals surface area contributed by atoms with E-state index in [0.717, 1.165) is 13.2 Å². The van der Waals surface area contributed by atoms with Crippen molar-refractivity contribution in [3.05, 3.63) is 0 Å². The van der Waals surface area contributed by atoms with Crippen molar-refractivity contribution in [2.45, 2.75) is 83.6 Å². The lowest BCUT2D eigenvalue weighted by Crippen LogP contribution is -2.35. The number of nitrogens with two attached hydrogens (primary N) is 1.